The molecule has 0 aromatic carbocycles. The van der Waals surface area contributed by atoms with Crippen LogP contribution in [0.1, 0.15) is 6.42 Å². The van der Waals surface area contributed by atoms with Crippen molar-refractivity contribution in [2.45, 2.75) is 12.5 Å². The predicted molar refractivity (Wildman–Crippen MR) is 72.5 cm³/mol. The summed E-state index contributed by atoms with van der Waals surface area (Å²) in [6.07, 6.45) is 0.0238. The lowest BCUT2D eigenvalue weighted by molar-refractivity contribution is -0.143. The van der Waals surface area contributed by atoms with E-state index in [1.165, 1.54) is 0 Å². The zero-order valence-corrected chi connectivity index (χ0v) is 12.0. The van der Waals surface area contributed by atoms with Gasteiger partial charge in [-0.2, -0.15) is 0 Å². The van der Waals surface area contributed by atoms with E-state index in [9.17, 15) is 9.59 Å². The van der Waals surface area contributed by atoms with Gasteiger partial charge in [0.15, 0.2) is 0 Å². The van der Waals surface area contributed by atoms with E-state index in [1.807, 2.05) is 16.8 Å². The van der Waals surface area contributed by atoms with Crippen LogP contribution in [0.2, 0.25) is 0 Å². The van der Waals surface area contributed by atoms with E-state index in [0.717, 1.165) is 26.2 Å². The van der Waals surface area contributed by atoms with Gasteiger partial charge in [0.2, 0.25) is 5.91 Å². The molecule has 2 saturated heterocycles. The molecule has 0 saturated carbocycles. The fourth-order valence-corrected chi connectivity index (χ4v) is 2.62. The lowest BCUT2D eigenvalue weighted by Crippen LogP contribution is -2.54. The van der Waals surface area contributed by atoms with Gasteiger partial charge < -0.3 is 19.6 Å². The lowest BCUT2D eigenvalue weighted by atomic mass is 10.1. The molecule has 1 N–H and O–H groups in total. The lowest BCUT2D eigenvalue weighted by Gasteiger charge is -2.37. The number of aliphatic carboxylic acids is 1. The maximum Gasteiger partial charge on any atom is 0.305 e. The van der Waals surface area contributed by atoms with Crippen molar-refractivity contribution in [1.29, 1.82) is 0 Å². The molecule has 2 rings (SSSR count). The first kappa shape index (κ1) is 15.2. The van der Waals surface area contributed by atoms with E-state index in [1.54, 1.807) is 0 Å². The number of carboxylic acid groups (broad SMARTS) is 1. The van der Waals surface area contributed by atoms with Gasteiger partial charge in [-0.05, 0) is 7.05 Å². The van der Waals surface area contributed by atoms with Crippen molar-refractivity contribution in [2.24, 2.45) is 0 Å². The molecule has 7 heteroatoms. The van der Waals surface area contributed by atoms with Crippen molar-refractivity contribution in [1.82, 2.24) is 14.7 Å². The van der Waals surface area contributed by atoms with Crippen LogP contribution in [0.15, 0.2) is 0 Å². The van der Waals surface area contributed by atoms with Crippen LogP contribution in [-0.2, 0) is 14.3 Å². The Kier molecular flexibility index (Phi) is 5.33. The maximum atomic E-state index is 12.3. The van der Waals surface area contributed by atoms with Crippen LogP contribution in [0.3, 0.4) is 0 Å². The van der Waals surface area contributed by atoms with Crippen molar-refractivity contribution >= 4 is 11.9 Å². The second kappa shape index (κ2) is 7.01. The van der Waals surface area contributed by atoms with Gasteiger partial charge in [-0.25, -0.2) is 0 Å². The Morgan fingerprint density at radius 1 is 1.20 bits per heavy atom. The average Bonchev–Trinajstić information content (AvgIpc) is 2.41. The molecule has 0 aromatic rings. The summed E-state index contributed by atoms with van der Waals surface area (Å²) >= 11 is 0. The Morgan fingerprint density at radius 3 is 2.55 bits per heavy atom. The molecule has 0 radical (unpaired) electrons. The number of nitrogens with zero attached hydrogens (tertiary/aromatic N) is 3. The third-order valence-corrected chi connectivity index (χ3v) is 3.95. The fraction of sp³-hybridized carbons (Fsp3) is 0.846. The summed E-state index contributed by atoms with van der Waals surface area (Å²) in [4.78, 5) is 29.1. The van der Waals surface area contributed by atoms with Gasteiger partial charge in [-0.15, -0.1) is 0 Å². The number of likely N-dealkylation sites (N-methyl/N-ethyl adjacent to an activating group) is 1. The van der Waals surface area contributed by atoms with Gasteiger partial charge in [0.05, 0.1) is 26.2 Å². The highest BCUT2D eigenvalue weighted by atomic mass is 16.5. The minimum Gasteiger partial charge on any atom is -0.481 e. The molecule has 0 bridgehead atoms. The highest BCUT2D eigenvalue weighted by Crippen LogP contribution is 2.11. The van der Waals surface area contributed by atoms with E-state index in [-0.39, 0.29) is 18.4 Å². The summed E-state index contributed by atoms with van der Waals surface area (Å²) in [5.41, 5.74) is 0. The molecule has 2 aliphatic rings. The first-order valence-electron chi connectivity index (χ1n) is 7.06. The molecule has 1 amide bonds. The Labute approximate surface area is 119 Å². The van der Waals surface area contributed by atoms with Gasteiger partial charge in [0, 0.05) is 38.8 Å². The fourth-order valence-electron chi connectivity index (χ4n) is 2.62. The minimum absolute atomic E-state index is 0.0238. The monoisotopic (exact) mass is 285 g/mol. The second-order valence-corrected chi connectivity index (χ2v) is 5.48. The van der Waals surface area contributed by atoms with Crippen molar-refractivity contribution < 1.29 is 19.4 Å². The third-order valence-electron chi connectivity index (χ3n) is 3.95. The van der Waals surface area contributed by atoms with Crippen LogP contribution in [0.5, 0.6) is 0 Å². The van der Waals surface area contributed by atoms with Crippen molar-refractivity contribution in [3.05, 3.63) is 0 Å². The Bertz CT molecular complexity index is 356. The zero-order chi connectivity index (χ0) is 14.5. The van der Waals surface area contributed by atoms with E-state index >= 15 is 0 Å². The molecule has 2 aliphatic heterocycles. The minimum atomic E-state index is -0.849. The van der Waals surface area contributed by atoms with Crippen LogP contribution in [0, 0.1) is 0 Å². The van der Waals surface area contributed by atoms with Gasteiger partial charge in [0.25, 0.3) is 0 Å². The van der Waals surface area contributed by atoms with Crippen LogP contribution < -0.4 is 0 Å². The molecule has 1 atom stereocenters. The number of amides is 1. The van der Waals surface area contributed by atoms with Crippen molar-refractivity contribution in [3.63, 3.8) is 0 Å². The molecular weight excluding hydrogens is 262 g/mol. The van der Waals surface area contributed by atoms with Gasteiger partial charge in [-0.3, -0.25) is 14.5 Å². The average molecular weight is 285 g/mol. The smallest absolute Gasteiger partial charge is 0.305 e. The molecule has 7 nitrogen and oxygen atoms in total. The number of morpholine rings is 1. The van der Waals surface area contributed by atoms with Crippen LogP contribution in [0.4, 0.5) is 0 Å². The standard InChI is InChI=1S/C13H23N3O4/c1-14-2-4-15(5-3-14)12(17)9-16-6-7-20-10-11(16)8-13(18)19/h11H,2-10H2,1H3,(H,18,19). The molecule has 0 aliphatic carbocycles. The molecule has 1 unspecified atom stereocenters. The molecule has 0 spiro atoms. The summed E-state index contributed by atoms with van der Waals surface area (Å²) in [6, 6.07) is -0.197. The normalized spacial score (nSPS) is 25.6. The highest BCUT2D eigenvalue weighted by Gasteiger charge is 2.29. The SMILES string of the molecule is CN1CCN(C(=O)CN2CCOCC2CC(=O)O)CC1. The van der Waals surface area contributed by atoms with Crippen molar-refractivity contribution in [2.75, 3.05) is 59.5 Å². The second-order valence-electron chi connectivity index (χ2n) is 5.48. The third kappa shape index (κ3) is 4.16. The highest BCUT2D eigenvalue weighted by molar-refractivity contribution is 5.78. The molecule has 20 heavy (non-hydrogen) atoms. The Morgan fingerprint density at radius 2 is 1.90 bits per heavy atom. The Balaban J connectivity index is 1.86. The zero-order valence-electron chi connectivity index (χ0n) is 12.0. The first-order valence-corrected chi connectivity index (χ1v) is 7.06. The Hall–Kier alpha value is -1.18. The number of piperazine rings is 1. The van der Waals surface area contributed by atoms with Crippen LogP contribution >= 0.6 is 0 Å². The number of hydrogen-bond acceptors (Lipinski definition) is 5. The number of carbonyl (C=O) groups is 2. The van der Waals surface area contributed by atoms with E-state index < -0.39 is 5.97 Å². The van der Waals surface area contributed by atoms with Crippen LogP contribution in [0.25, 0.3) is 0 Å². The topological polar surface area (TPSA) is 73.3 Å². The maximum absolute atomic E-state index is 12.3. The summed E-state index contributed by atoms with van der Waals surface area (Å²) in [7, 11) is 2.05. The number of rotatable bonds is 4. The van der Waals surface area contributed by atoms with Gasteiger partial charge >= 0.3 is 5.97 Å². The largest absolute Gasteiger partial charge is 0.481 e. The molecule has 0 aromatic heterocycles. The van der Waals surface area contributed by atoms with E-state index in [2.05, 4.69) is 4.90 Å². The summed E-state index contributed by atoms with van der Waals surface area (Å²) in [5.74, 6) is -0.757. The van der Waals surface area contributed by atoms with Crippen LogP contribution in [-0.4, -0.2) is 97.3 Å². The molecular formula is C13H23N3O4. The number of carbonyl (C=O) groups excluding carboxylic acids is 1. The summed E-state index contributed by atoms with van der Waals surface area (Å²) in [5, 5.41) is 8.91. The molecule has 2 fully saturated rings. The van der Waals surface area contributed by atoms with Crippen molar-refractivity contribution in [3.8, 4) is 0 Å². The first-order chi connectivity index (χ1) is 9.56. The van der Waals surface area contributed by atoms with E-state index in [4.69, 9.17) is 9.84 Å². The number of hydrogen-bond donors (Lipinski definition) is 1. The predicted octanol–water partition coefficient (Wildman–Crippen LogP) is -1.06. The summed E-state index contributed by atoms with van der Waals surface area (Å²) < 4.78 is 5.32. The van der Waals surface area contributed by atoms with E-state index in [0.29, 0.717) is 26.3 Å². The van der Waals surface area contributed by atoms with Gasteiger partial charge in [-0.1, -0.05) is 0 Å². The summed E-state index contributed by atoms with van der Waals surface area (Å²) in [6.45, 7) is 5.17. The number of ether oxygens (including phenoxy) is 1. The quantitative estimate of drug-likeness (QED) is 0.709. The molecule has 114 valence electrons. The molecule has 2 heterocycles. The van der Waals surface area contributed by atoms with Gasteiger partial charge in [0.1, 0.15) is 0 Å². The number of carboxylic acids is 1.